The number of aliphatic carboxylic acids is 1. The molecule has 10 heteroatoms. The molecule has 5 N–H and O–H groups in total. The standard InChI is InChI=1S/C37H60O10/c1-20(2)23-10-15-35(7)28(34(23,6)14-13-29(40)41)18-26(46-33-32(43)31(42)27(47-33)19-45-22(5)38)30-24(11-16-36(30,35)8)37(9,44)17-12-25(39)21(3)4/h23-28,30-33,39,42-44H,1,3,10-19H2,2,4-9H3,(H,40,41). The number of rotatable bonds is 13. The van der Waals surface area contributed by atoms with Gasteiger partial charge in [-0.2, -0.15) is 0 Å². The first-order valence-electron chi connectivity index (χ1n) is 17.4. The van der Waals surface area contributed by atoms with Crippen LogP contribution in [0.2, 0.25) is 0 Å². The highest BCUT2D eigenvalue weighted by Gasteiger charge is 2.70. The summed E-state index contributed by atoms with van der Waals surface area (Å²) in [6.07, 6.45) is -0.893. The van der Waals surface area contributed by atoms with E-state index in [0.717, 1.165) is 31.3 Å². The number of aliphatic hydroxyl groups excluding tert-OH is 3. The molecule has 47 heavy (non-hydrogen) atoms. The van der Waals surface area contributed by atoms with E-state index in [1.54, 1.807) is 6.92 Å². The molecule has 1 heterocycles. The highest BCUT2D eigenvalue weighted by molar-refractivity contribution is 5.66. The molecule has 0 aromatic rings. The lowest BCUT2D eigenvalue weighted by Gasteiger charge is -2.68. The zero-order valence-corrected chi connectivity index (χ0v) is 29.5. The number of ether oxygens (including phenoxy) is 3. The molecule has 10 nitrogen and oxygen atoms in total. The molecule has 0 bridgehead atoms. The quantitative estimate of drug-likeness (QED) is 0.137. The van der Waals surface area contributed by atoms with Crippen LogP contribution < -0.4 is 0 Å². The summed E-state index contributed by atoms with van der Waals surface area (Å²) in [5, 5.41) is 54.4. The van der Waals surface area contributed by atoms with E-state index in [2.05, 4.69) is 33.9 Å². The fourth-order valence-corrected chi connectivity index (χ4v) is 10.7. The Balaban J connectivity index is 1.76. The van der Waals surface area contributed by atoms with Gasteiger partial charge in [0, 0.05) is 13.3 Å². The van der Waals surface area contributed by atoms with Crippen LogP contribution in [0.15, 0.2) is 24.3 Å². The van der Waals surface area contributed by atoms with Gasteiger partial charge in [-0.25, -0.2) is 0 Å². The Bertz CT molecular complexity index is 1200. The summed E-state index contributed by atoms with van der Waals surface area (Å²) in [5.41, 5.74) is -0.393. The summed E-state index contributed by atoms with van der Waals surface area (Å²) < 4.78 is 17.8. The molecule has 0 amide bonds. The Kier molecular flexibility index (Phi) is 11.2. The molecule has 4 fully saturated rings. The summed E-state index contributed by atoms with van der Waals surface area (Å²) in [6.45, 7) is 21.7. The van der Waals surface area contributed by atoms with E-state index < -0.39 is 59.8 Å². The van der Waals surface area contributed by atoms with E-state index in [0.29, 0.717) is 31.3 Å². The average Bonchev–Trinajstić information content (AvgIpc) is 3.48. The average molecular weight is 665 g/mol. The second-order valence-corrected chi connectivity index (χ2v) is 16.4. The number of carbonyl (C=O) groups is 2. The van der Waals surface area contributed by atoms with Gasteiger partial charge >= 0.3 is 11.9 Å². The Morgan fingerprint density at radius 2 is 1.68 bits per heavy atom. The van der Waals surface area contributed by atoms with Crippen molar-refractivity contribution < 1.29 is 49.3 Å². The molecule has 3 saturated carbocycles. The number of carboxylic acids is 1. The molecule has 0 aromatic carbocycles. The van der Waals surface area contributed by atoms with Crippen LogP contribution in [-0.4, -0.2) is 86.5 Å². The van der Waals surface area contributed by atoms with Crippen LogP contribution in [0.1, 0.15) is 106 Å². The van der Waals surface area contributed by atoms with Gasteiger partial charge < -0.3 is 39.7 Å². The molecule has 0 radical (unpaired) electrons. The third-order valence-corrected chi connectivity index (χ3v) is 13.5. The summed E-state index contributed by atoms with van der Waals surface area (Å²) in [6, 6.07) is 0. The predicted octanol–water partition coefficient (Wildman–Crippen LogP) is 4.77. The SMILES string of the molecule is C=C(C)C(O)CCC(C)(O)C1CCC2(C)C1C(OC1OC(COC(C)=O)C(O)C1O)CC1C(C)(CCC(=O)O)C(C(=C)C)CCC12C. The lowest BCUT2D eigenvalue weighted by atomic mass is 9.37. The van der Waals surface area contributed by atoms with E-state index >= 15 is 0 Å². The molecule has 0 aromatic heterocycles. The number of hydrogen-bond donors (Lipinski definition) is 5. The zero-order chi connectivity index (χ0) is 35.3. The van der Waals surface area contributed by atoms with Gasteiger partial charge in [-0.3, -0.25) is 9.59 Å². The Labute approximate surface area is 280 Å². The van der Waals surface area contributed by atoms with Crippen LogP contribution in [0, 0.1) is 39.9 Å². The first-order chi connectivity index (χ1) is 21.7. The molecule has 4 aliphatic rings. The molecule has 268 valence electrons. The van der Waals surface area contributed by atoms with Gasteiger partial charge in [-0.05, 0) is 112 Å². The summed E-state index contributed by atoms with van der Waals surface area (Å²) in [4.78, 5) is 23.4. The lowest BCUT2D eigenvalue weighted by Crippen LogP contribution is -2.64. The van der Waals surface area contributed by atoms with Crippen molar-refractivity contribution >= 4 is 11.9 Å². The van der Waals surface area contributed by atoms with E-state index in [1.165, 1.54) is 6.92 Å². The maximum Gasteiger partial charge on any atom is 0.303 e. The molecular weight excluding hydrogens is 604 g/mol. The lowest BCUT2D eigenvalue weighted by molar-refractivity contribution is -0.270. The van der Waals surface area contributed by atoms with Crippen molar-refractivity contribution in [3.8, 4) is 0 Å². The van der Waals surface area contributed by atoms with Crippen LogP contribution in [0.4, 0.5) is 0 Å². The van der Waals surface area contributed by atoms with E-state index in [-0.39, 0.29) is 47.5 Å². The van der Waals surface area contributed by atoms with Crippen LogP contribution in [0.3, 0.4) is 0 Å². The summed E-state index contributed by atoms with van der Waals surface area (Å²) in [5.74, 6) is -1.57. The van der Waals surface area contributed by atoms with Gasteiger partial charge in [0.1, 0.15) is 24.9 Å². The molecule has 14 unspecified atom stereocenters. The van der Waals surface area contributed by atoms with Crippen molar-refractivity contribution in [3.05, 3.63) is 24.3 Å². The molecule has 14 atom stereocenters. The van der Waals surface area contributed by atoms with E-state index in [9.17, 15) is 35.1 Å². The molecule has 1 saturated heterocycles. The largest absolute Gasteiger partial charge is 0.481 e. The van der Waals surface area contributed by atoms with Crippen LogP contribution >= 0.6 is 0 Å². The predicted molar refractivity (Wildman–Crippen MR) is 176 cm³/mol. The van der Waals surface area contributed by atoms with Gasteiger partial charge in [0.15, 0.2) is 6.29 Å². The Hall–Kier alpha value is -1.82. The van der Waals surface area contributed by atoms with Crippen LogP contribution in [0.5, 0.6) is 0 Å². The fourth-order valence-electron chi connectivity index (χ4n) is 10.7. The second-order valence-electron chi connectivity index (χ2n) is 16.4. The molecule has 1 aliphatic heterocycles. The third kappa shape index (κ3) is 6.97. The molecule has 4 rings (SSSR count). The van der Waals surface area contributed by atoms with Gasteiger partial charge in [-0.15, -0.1) is 0 Å². The molecule has 0 spiro atoms. The number of esters is 1. The van der Waals surface area contributed by atoms with Crippen molar-refractivity contribution in [1.29, 1.82) is 0 Å². The van der Waals surface area contributed by atoms with Crippen molar-refractivity contribution in [2.45, 2.75) is 149 Å². The van der Waals surface area contributed by atoms with Gasteiger partial charge in [0.05, 0.1) is 17.8 Å². The highest BCUT2D eigenvalue weighted by atomic mass is 16.7. The van der Waals surface area contributed by atoms with Gasteiger partial charge in [0.25, 0.3) is 0 Å². The van der Waals surface area contributed by atoms with Gasteiger partial charge in [0.2, 0.25) is 0 Å². The summed E-state index contributed by atoms with van der Waals surface area (Å²) >= 11 is 0. The highest BCUT2D eigenvalue weighted by Crippen LogP contribution is 2.74. The minimum absolute atomic E-state index is 0.0327. The van der Waals surface area contributed by atoms with E-state index in [1.807, 2.05) is 13.8 Å². The van der Waals surface area contributed by atoms with Crippen molar-refractivity contribution in [2.75, 3.05) is 6.61 Å². The van der Waals surface area contributed by atoms with Gasteiger partial charge in [-0.1, -0.05) is 45.1 Å². The third-order valence-electron chi connectivity index (χ3n) is 13.5. The number of hydrogen-bond acceptors (Lipinski definition) is 9. The van der Waals surface area contributed by atoms with Crippen LogP contribution in [0.25, 0.3) is 0 Å². The zero-order valence-electron chi connectivity index (χ0n) is 29.5. The molecule has 3 aliphatic carbocycles. The van der Waals surface area contributed by atoms with E-state index in [4.69, 9.17) is 14.2 Å². The number of aliphatic hydroxyl groups is 4. The van der Waals surface area contributed by atoms with Crippen LogP contribution in [-0.2, 0) is 23.8 Å². The number of carboxylic acid groups (broad SMARTS) is 1. The van der Waals surface area contributed by atoms with Crippen molar-refractivity contribution in [2.24, 2.45) is 39.9 Å². The molecular formula is C37H60O10. The normalized spacial score (nSPS) is 43.3. The summed E-state index contributed by atoms with van der Waals surface area (Å²) in [7, 11) is 0. The maximum absolute atomic E-state index is 12.1. The number of fused-ring (bicyclic) bond motifs is 3. The fraction of sp³-hybridized carbons (Fsp3) is 0.838. The monoisotopic (exact) mass is 664 g/mol. The van der Waals surface area contributed by atoms with Crippen molar-refractivity contribution in [3.63, 3.8) is 0 Å². The first kappa shape index (κ1) is 38.0. The Morgan fingerprint density at radius 1 is 1.04 bits per heavy atom. The second kappa shape index (κ2) is 13.8. The van der Waals surface area contributed by atoms with Crippen molar-refractivity contribution in [1.82, 2.24) is 0 Å². The smallest absolute Gasteiger partial charge is 0.303 e. The number of carbonyl (C=O) groups excluding carboxylic acids is 1. The maximum atomic E-state index is 12.1. The minimum Gasteiger partial charge on any atom is -0.481 e. The number of allylic oxidation sites excluding steroid dienone is 1. The topological polar surface area (TPSA) is 163 Å². The first-order valence-corrected chi connectivity index (χ1v) is 17.4. The minimum atomic E-state index is -1.38. The Morgan fingerprint density at radius 3 is 2.26 bits per heavy atom.